The molecule has 1 heterocycles. The molecule has 0 aliphatic rings. The molecule has 0 bridgehead atoms. The number of aromatic nitrogens is 1. The van der Waals surface area contributed by atoms with Gasteiger partial charge < -0.3 is 19.8 Å². The molecule has 0 unspecified atom stereocenters. The van der Waals surface area contributed by atoms with Crippen LogP contribution in [-0.4, -0.2) is 48.1 Å². The monoisotopic (exact) mass is 437 g/mol. The van der Waals surface area contributed by atoms with Gasteiger partial charge in [0.05, 0.1) is 13.2 Å². The van der Waals surface area contributed by atoms with Crippen molar-refractivity contribution in [3.8, 4) is 0 Å². The number of hydrogen-bond acceptors (Lipinski definition) is 12. The molecule has 158 valence electrons. The molecule has 13 heteroatoms. The van der Waals surface area contributed by atoms with Crippen LogP contribution in [0.2, 0.25) is 0 Å². The number of hydrogen-bond donors (Lipinski definition) is 1. The minimum absolute atomic E-state index is 0.0104. The number of nitrogens with two attached hydrogens (primary N) is 1. The molecule has 0 atom stereocenters. The molecular formula is C15H24N3O8PS. The van der Waals surface area contributed by atoms with Crippen LogP contribution in [0.3, 0.4) is 0 Å². The maximum absolute atomic E-state index is 12.5. The molecule has 1 aromatic heterocycles. The van der Waals surface area contributed by atoms with Gasteiger partial charge in [0.25, 0.3) is 0 Å². The summed E-state index contributed by atoms with van der Waals surface area (Å²) in [6.07, 6.45) is 0. The number of rotatable bonds is 10. The number of thiazole rings is 1. The van der Waals surface area contributed by atoms with Crippen LogP contribution < -0.4 is 5.73 Å². The fourth-order valence-corrected chi connectivity index (χ4v) is 3.31. The van der Waals surface area contributed by atoms with Crippen LogP contribution in [0.1, 0.15) is 40.3 Å². The number of phosphoric acid groups is 1. The molecule has 0 spiro atoms. The minimum atomic E-state index is -4.16. The normalized spacial score (nSPS) is 12.5. The van der Waals surface area contributed by atoms with Crippen molar-refractivity contribution in [2.45, 2.75) is 40.2 Å². The van der Waals surface area contributed by atoms with Crippen molar-refractivity contribution in [3.63, 3.8) is 0 Å². The van der Waals surface area contributed by atoms with Crippen molar-refractivity contribution in [1.82, 2.24) is 4.98 Å². The van der Waals surface area contributed by atoms with Gasteiger partial charge in [-0.05, 0) is 34.6 Å². The van der Waals surface area contributed by atoms with E-state index < -0.39 is 37.7 Å². The molecule has 0 aliphatic heterocycles. The summed E-state index contributed by atoms with van der Waals surface area (Å²) >= 11 is 1.04. The van der Waals surface area contributed by atoms with E-state index in [4.69, 9.17) is 28.9 Å². The zero-order chi connectivity index (χ0) is 21.4. The maximum atomic E-state index is 12.5. The number of phosphoric ester groups is 1. The van der Waals surface area contributed by atoms with Gasteiger partial charge in [-0.3, -0.25) is 9.05 Å². The molecular weight excluding hydrogens is 413 g/mol. The summed E-state index contributed by atoms with van der Waals surface area (Å²) in [5.74, 6) is -1.88. The predicted octanol–water partition coefficient (Wildman–Crippen LogP) is 2.51. The summed E-state index contributed by atoms with van der Waals surface area (Å²) in [6, 6.07) is 0. The van der Waals surface area contributed by atoms with Crippen molar-refractivity contribution in [2.75, 3.05) is 25.6 Å². The lowest BCUT2D eigenvalue weighted by molar-refractivity contribution is -0.160. The van der Waals surface area contributed by atoms with Gasteiger partial charge in [-0.25, -0.2) is 19.1 Å². The van der Waals surface area contributed by atoms with Crippen LogP contribution >= 0.6 is 19.2 Å². The quantitative estimate of drug-likeness (QED) is 0.250. The maximum Gasteiger partial charge on any atom is 0.532 e. The summed E-state index contributed by atoms with van der Waals surface area (Å²) in [5.41, 5.74) is 4.40. The molecule has 11 nitrogen and oxygen atoms in total. The molecule has 0 saturated heterocycles. The Bertz CT molecular complexity index is 749. The van der Waals surface area contributed by atoms with E-state index in [2.05, 4.69) is 10.1 Å². The lowest BCUT2D eigenvalue weighted by atomic mass is 10.2. The van der Waals surface area contributed by atoms with E-state index in [9.17, 15) is 14.2 Å². The second-order valence-corrected chi connectivity index (χ2v) is 8.52. The first kappa shape index (κ1) is 24.0. The average molecular weight is 437 g/mol. The smallest absolute Gasteiger partial charge is 0.457 e. The Morgan fingerprint density at radius 1 is 1.25 bits per heavy atom. The van der Waals surface area contributed by atoms with Gasteiger partial charge in [0, 0.05) is 5.38 Å². The lowest BCUT2D eigenvalue weighted by Crippen LogP contribution is -2.26. The zero-order valence-corrected chi connectivity index (χ0v) is 18.0. The summed E-state index contributed by atoms with van der Waals surface area (Å²) < 4.78 is 32.1. The van der Waals surface area contributed by atoms with Crippen molar-refractivity contribution in [1.29, 1.82) is 0 Å². The van der Waals surface area contributed by atoms with Gasteiger partial charge in [-0.15, -0.1) is 11.3 Å². The van der Waals surface area contributed by atoms with E-state index in [0.717, 1.165) is 11.3 Å². The van der Waals surface area contributed by atoms with E-state index in [1.807, 2.05) is 0 Å². The number of anilines is 1. The lowest BCUT2D eigenvalue weighted by Gasteiger charge is -2.18. The first-order chi connectivity index (χ1) is 13.0. The SMILES string of the molecule is CCOP(=O)(OCC)OC(=O)C(=NOCC(=O)OC(C)(C)C)c1csc(N)n1. The highest BCUT2D eigenvalue weighted by atomic mass is 32.1. The third kappa shape index (κ3) is 8.34. The number of carbonyl (C=O) groups excluding carboxylic acids is 2. The van der Waals surface area contributed by atoms with E-state index in [0.29, 0.717) is 0 Å². The van der Waals surface area contributed by atoms with Gasteiger partial charge in [0.15, 0.2) is 5.13 Å². The molecule has 2 N–H and O–H groups in total. The fourth-order valence-electron chi connectivity index (χ4n) is 1.66. The highest BCUT2D eigenvalue weighted by Gasteiger charge is 2.34. The molecule has 0 amide bonds. The fraction of sp³-hybridized carbons (Fsp3) is 0.600. The molecule has 0 aromatic carbocycles. The Labute approximate surface area is 166 Å². The van der Waals surface area contributed by atoms with Crippen LogP contribution in [-0.2, 0) is 37.3 Å². The Hall–Kier alpha value is -2.01. The standard InChI is InChI=1S/C15H24N3O8PS/c1-6-23-27(21,24-7-2)26-13(20)12(10-9-28-14(16)17-10)18-22-8-11(19)25-15(3,4)5/h9H,6-8H2,1-5H3,(H2,16,17). The van der Waals surface area contributed by atoms with E-state index in [1.54, 1.807) is 34.6 Å². The Kier molecular flexibility index (Phi) is 9.02. The summed E-state index contributed by atoms with van der Waals surface area (Å²) in [4.78, 5) is 33.0. The minimum Gasteiger partial charge on any atom is -0.457 e. The van der Waals surface area contributed by atoms with Crippen LogP contribution in [0.4, 0.5) is 5.13 Å². The number of oxime groups is 1. The molecule has 0 fully saturated rings. The van der Waals surface area contributed by atoms with E-state index in [-0.39, 0.29) is 24.0 Å². The third-order valence-corrected chi connectivity index (χ3v) is 4.70. The van der Waals surface area contributed by atoms with Gasteiger partial charge in [-0.1, -0.05) is 5.16 Å². The van der Waals surface area contributed by atoms with Crippen LogP contribution in [0.25, 0.3) is 0 Å². The first-order valence-electron chi connectivity index (χ1n) is 8.26. The van der Waals surface area contributed by atoms with Crippen LogP contribution in [0, 0.1) is 0 Å². The number of nitrogen functional groups attached to an aromatic ring is 1. The molecule has 1 rings (SSSR count). The van der Waals surface area contributed by atoms with Crippen molar-refractivity contribution >= 4 is 41.9 Å². The number of ether oxygens (including phenoxy) is 1. The van der Waals surface area contributed by atoms with Gasteiger partial charge in [0.1, 0.15) is 11.3 Å². The summed E-state index contributed by atoms with van der Waals surface area (Å²) in [7, 11) is -4.16. The number of esters is 1. The molecule has 0 radical (unpaired) electrons. The zero-order valence-electron chi connectivity index (χ0n) is 16.3. The molecule has 28 heavy (non-hydrogen) atoms. The van der Waals surface area contributed by atoms with Crippen molar-refractivity contribution < 1.29 is 37.3 Å². The highest BCUT2D eigenvalue weighted by molar-refractivity contribution is 7.49. The van der Waals surface area contributed by atoms with Gasteiger partial charge in [0.2, 0.25) is 12.3 Å². The second-order valence-electron chi connectivity index (χ2n) is 6.03. The Morgan fingerprint density at radius 3 is 2.32 bits per heavy atom. The first-order valence-corrected chi connectivity index (χ1v) is 10.6. The predicted molar refractivity (Wildman–Crippen MR) is 102 cm³/mol. The van der Waals surface area contributed by atoms with E-state index in [1.165, 1.54) is 5.38 Å². The molecule has 0 aliphatic carbocycles. The highest BCUT2D eigenvalue weighted by Crippen LogP contribution is 2.49. The van der Waals surface area contributed by atoms with E-state index >= 15 is 0 Å². The van der Waals surface area contributed by atoms with Gasteiger partial charge >= 0.3 is 19.8 Å². The Morgan fingerprint density at radius 2 is 1.86 bits per heavy atom. The van der Waals surface area contributed by atoms with Crippen molar-refractivity contribution in [2.24, 2.45) is 5.16 Å². The van der Waals surface area contributed by atoms with Crippen LogP contribution in [0.15, 0.2) is 10.5 Å². The van der Waals surface area contributed by atoms with Crippen LogP contribution in [0.5, 0.6) is 0 Å². The third-order valence-electron chi connectivity index (χ3n) is 2.49. The Balaban J connectivity index is 2.98. The average Bonchev–Trinajstić information content (AvgIpc) is 2.96. The number of carbonyl (C=O) groups is 2. The molecule has 0 saturated carbocycles. The number of nitrogens with zero attached hydrogens (tertiary/aromatic N) is 2. The largest absolute Gasteiger partial charge is 0.532 e. The van der Waals surface area contributed by atoms with Crippen molar-refractivity contribution in [3.05, 3.63) is 11.1 Å². The second kappa shape index (κ2) is 10.5. The van der Waals surface area contributed by atoms with Gasteiger partial charge in [-0.2, -0.15) is 0 Å². The molecule has 1 aromatic rings. The summed E-state index contributed by atoms with van der Waals surface area (Å²) in [6.45, 7) is 7.57. The summed E-state index contributed by atoms with van der Waals surface area (Å²) in [5, 5.41) is 5.15. The topological polar surface area (TPSA) is 149 Å².